The Hall–Kier alpha value is -2.15. The lowest BCUT2D eigenvalue weighted by Crippen LogP contribution is -2.32. The van der Waals surface area contributed by atoms with E-state index in [1.54, 1.807) is 6.07 Å². The summed E-state index contributed by atoms with van der Waals surface area (Å²) in [6.07, 6.45) is 1.29. The van der Waals surface area contributed by atoms with Crippen molar-refractivity contribution in [3.63, 3.8) is 0 Å². The first-order valence-corrected chi connectivity index (χ1v) is 6.61. The molecule has 2 N–H and O–H groups in total. The average molecular weight is 338 g/mol. The van der Waals surface area contributed by atoms with Crippen molar-refractivity contribution in [1.29, 1.82) is 0 Å². The lowest BCUT2D eigenvalue weighted by molar-refractivity contribution is -0.116. The monoisotopic (exact) mass is 337 g/mol. The highest BCUT2D eigenvalue weighted by Gasteiger charge is 2.06. The number of halogens is 1. The molecule has 0 aliphatic heterocycles. The minimum atomic E-state index is -0.611. The van der Waals surface area contributed by atoms with Crippen LogP contribution in [-0.2, 0) is 11.3 Å². The summed E-state index contributed by atoms with van der Waals surface area (Å²) in [6.45, 7) is 1.75. The van der Waals surface area contributed by atoms with Gasteiger partial charge in [-0.1, -0.05) is 15.9 Å². The smallest absolute Gasteiger partial charge is 0.325 e. The van der Waals surface area contributed by atoms with E-state index < -0.39 is 11.2 Å². The third-order valence-corrected chi connectivity index (χ3v) is 3.54. The predicted molar refractivity (Wildman–Crippen MR) is 78.8 cm³/mol. The number of nitrogens with zero attached hydrogens (tertiary/aromatic N) is 1. The van der Waals surface area contributed by atoms with Crippen LogP contribution in [0.4, 0.5) is 5.69 Å². The molecule has 0 saturated heterocycles. The highest BCUT2D eigenvalue weighted by molar-refractivity contribution is 9.10. The van der Waals surface area contributed by atoms with E-state index in [1.807, 2.05) is 19.1 Å². The Labute approximate surface area is 122 Å². The zero-order chi connectivity index (χ0) is 14.7. The zero-order valence-electron chi connectivity index (χ0n) is 10.6. The van der Waals surface area contributed by atoms with Gasteiger partial charge in [0.2, 0.25) is 5.91 Å². The molecule has 0 fully saturated rings. The standard InChI is InChI=1S/C13H12BrN3O3/c1-8-6-9(2-3-10(8)14)15-12(19)7-17-5-4-11(18)16-13(17)20/h2-6H,7H2,1H3,(H,15,19)(H,16,18,20). The summed E-state index contributed by atoms with van der Waals surface area (Å²) >= 11 is 3.37. The highest BCUT2D eigenvalue weighted by Crippen LogP contribution is 2.19. The van der Waals surface area contributed by atoms with Crippen molar-refractivity contribution in [2.75, 3.05) is 5.32 Å². The molecule has 0 atom stereocenters. The maximum atomic E-state index is 11.8. The predicted octanol–water partition coefficient (Wildman–Crippen LogP) is 1.25. The molecule has 0 unspecified atom stereocenters. The topological polar surface area (TPSA) is 84.0 Å². The van der Waals surface area contributed by atoms with Gasteiger partial charge in [-0.3, -0.25) is 19.1 Å². The number of aromatic nitrogens is 2. The molecule has 2 rings (SSSR count). The number of H-pyrrole nitrogens is 1. The summed E-state index contributed by atoms with van der Waals surface area (Å²) in [5, 5.41) is 2.69. The Kier molecular flexibility index (Phi) is 4.19. The quantitative estimate of drug-likeness (QED) is 0.883. The van der Waals surface area contributed by atoms with Crippen LogP contribution in [0.15, 0.2) is 44.5 Å². The largest absolute Gasteiger partial charge is 0.328 e. The van der Waals surface area contributed by atoms with E-state index in [0.717, 1.165) is 14.6 Å². The number of benzene rings is 1. The van der Waals surface area contributed by atoms with Crippen LogP contribution in [0, 0.1) is 6.92 Å². The molecule has 7 heteroatoms. The van der Waals surface area contributed by atoms with Crippen LogP contribution in [0.5, 0.6) is 0 Å². The van der Waals surface area contributed by atoms with Gasteiger partial charge in [-0.15, -0.1) is 0 Å². The molecule has 1 aromatic carbocycles. The minimum Gasteiger partial charge on any atom is -0.325 e. The van der Waals surface area contributed by atoms with E-state index in [4.69, 9.17) is 0 Å². The maximum Gasteiger partial charge on any atom is 0.328 e. The van der Waals surface area contributed by atoms with Gasteiger partial charge in [0.1, 0.15) is 6.54 Å². The van der Waals surface area contributed by atoms with E-state index in [2.05, 4.69) is 26.2 Å². The molecule has 104 valence electrons. The number of nitrogens with one attached hydrogen (secondary N) is 2. The van der Waals surface area contributed by atoms with Crippen LogP contribution >= 0.6 is 15.9 Å². The van der Waals surface area contributed by atoms with Gasteiger partial charge in [-0.2, -0.15) is 0 Å². The average Bonchev–Trinajstić information content (AvgIpc) is 2.37. The van der Waals surface area contributed by atoms with Gasteiger partial charge < -0.3 is 5.32 Å². The van der Waals surface area contributed by atoms with E-state index in [1.165, 1.54) is 12.3 Å². The van der Waals surface area contributed by atoms with Crippen molar-refractivity contribution in [3.8, 4) is 0 Å². The summed E-state index contributed by atoms with van der Waals surface area (Å²) in [7, 11) is 0. The molecule has 1 aromatic heterocycles. The van der Waals surface area contributed by atoms with Crippen molar-refractivity contribution in [2.45, 2.75) is 13.5 Å². The summed E-state index contributed by atoms with van der Waals surface area (Å²) < 4.78 is 2.08. The molecule has 0 aliphatic rings. The molecule has 0 radical (unpaired) electrons. The number of aromatic amines is 1. The summed E-state index contributed by atoms with van der Waals surface area (Å²) in [4.78, 5) is 36.3. The molecule has 0 aliphatic carbocycles. The van der Waals surface area contributed by atoms with Gasteiger partial charge in [-0.05, 0) is 30.7 Å². The van der Waals surface area contributed by atoms with Crippen LogP contribution in [0.25, 0.3) is 0 Å². The second-order valence-corrected chi connectivity index (χ2v) is 5.10. The third kappa shape index (κ3) is 3.45. The number of hydrogen-bond acceptors (Lipinski definition) is 3. The van der Waals surface area contributed by atoms with Crippen molar-refractivity contribution in [3.05, 3.63) is 61.3 Å². The lowest BCUT2D eigenvalue weighted by Gasteiger charge is -2.08. The number of carbonyl (C=O) groups excluding carboxylic acids is 1. The molecule has 1 heterocycles. The molecule has 1 amide bonds. The van der Waals surface area contributed by atoms with Crippen LogP contribution in [0.3, 0.4) is 0 Å². The molecular weight excluding hydrogens is 326 g/mol. The van der Waals surface area contributed by atoms with Crippen LogP contribution < -0.4 is 16.6 Å². The van der Waals surface area contributed by atoms with E-state index in [-0.39, 0.29) is 12.5 Å². The summed E-state index contributed by atoms with van der Waals surface area (Å²) in [6, 6.07) is 6.60. The second-order valence-electron chi connectivity index (χ2n) is 4.25. The van der Waals surface area contributed by atoms with Crippen molar-refractivity contribution >= 4 is 27.5 Å². The number of rotatable bonds is 3. The van der Waals surface area contributed by atoms with Gasteiger partial charge in [0, 0.05) is 22.4 Å². The molecular formula is C13H12BrN3O3. The van der Waals surface area contributed by atoms with E-state index in [9.17, 15) is 14.4 Å². The molecule has 2 aromatic rings. The maximum absolute atomic E-state index is 11.8. The number of amides is 1. The van der Waals surface area contributed by atoms with E-state index >= 15 is 0 Å². The Morgan fingerprint density at radius 2 is 2.10 bits per heavy atom. The first kappa shape index (κ1) is 14.3. The molecule has 0 spiro atoms. The first-order valence-electron chi connectivity index (χ1n) is 5.81. The SMILES string of the molecule is Cc1cc(NC(=O)Cn2ccc(=O)[nH]c2=O)ccc1Br. The third-order valence-electron chi connectivity index (χ3n) is 2.65. The number of anilines is 1. The number of aryl methyl sites for hydroxylation is 1. The van der Waals surface area contributed by atoms with Gasteiger partial charge in [-0.25, -0.2) is 4.79 Å². The number of carbonyl (C=O) groups is 1. The van der Waals surface area contributed by atoms with Crippen LogP contribution in [0.2, 0.25) is 0 Å². The molecule has 0 saturated carbocycles. The number of hydrogen-bond donors (Lipinski definition) is 2. The normalized spacial score (nSPS) is 10.3. The molecule has 6 nitrogen and oxygen atoms in total. The Balaban J connectivity index is 2.10. The summed E-state index contributed by atoms with van der Waals surface area (Å²) in [5.74, 6) is -0.346. The fraction of sp³-hybridized carbons (Fsp3) is 0.154. The summed E-state index contributed by atoms with van der Waals surface area (Å²) in [5.41, 5.74) is 0.534. The fourth-order valence-electron chi connectivity index (χ4n) is 1.65. The Bertz CT molecular complexity index is 764. The Morgan fingerprint density at radius 1 is 1.35 bits per heavy atom. The fourth-order valence-corrected chi connectivity index (χ4v) is 1.89. The van der Waals surface area contributed by atoms with Gasteiger partial charge in [0.25, 0.3) is 5.56 Å². The lowest BCUT2D eigenvalue weighted by atomic mass is 10.2. The second kappa shape index (κ2) is 5.87. The Morgan fingerprint density at radius 3 is 2.75 bits per heavy atom. The molecule has 0 bridgehead atoms. The van der Waals surface area contributed by atoms with E-state index in [0.29, 0.717) is 5.69 Å². The van der Waals surface area contributed by atoms with Crippen LogP contribution in [0.1, 0.15) is 5.56 Å². The van der Waals surface area contributed by atoms with Crippen molar-refractivity contribution in [1.82, 2.24) is 9.55 Å². The van der Waals surface area contributed by atoms with Crippen molar-refractivity contribution < 1.29 is 4.79 Å². The highest BCUT2D eigenvalue weighted by atomic mass is 79.9. The first-order chi connectivity index (χ1) is 9.45. The van der Waals surface area contributed by atoms with Crippen molar-refractivity contribution in [2.24, 2.45) is 0 Å². The van der Waals surface area contributed by atoms with Gasteiger partial charge in [0.05, 0.1) is 0 Å². The molecule has 20 heavy (non-hydrogen) atoms. The zero-order valence-corrected chi connectivity index (χ0v) is 12.2. The van der Waals surface area contributed by atoms with Crippen LogP contribution in [-0.4, -0.2) is 15.5 Å². The van der Waals surface area contributed by atoms with Gasteiger partial charge >= 0.3 is 5.69 Å². The van der Waals surface area contributed by atoms with Gasteiger partial charge in [0.15, 0.2) is 0 Å². The minimum absolute atomic E-state index is 0.162.